The summed E-state index contributed by atoms with van der Waals surface area (Å²) in [4.78, 5) is 15.0. The van der Waals surface area contributed by atoms with Crippen molar-refractivity contribution in [3.05, 3.63) is 59.4 Å². The minimum absolute atomic E-state index is 0.244. The number of rotatable bonds is 10. The average molecular weight is 548 g/mol. The lowest BCUT2D eigenvalue weighted by Crippen LogP contribution is -2.12. The quantitative estimate of drug-likeness (QED) is 0.213. The fraction of sp³-hybridized carbons (Fsp3) is 0.500. The smallest absolute Gasteiger partial charge is 0.364 e. The predicted octanol–water partition coefficient (Wildman–Crippen LogP) is 7.26. The maximum atomic E-state index is 12.5. The lowest BCUT2D eigenvalue weighted by Gasteiger charge is -2.14. The molecule has 206 valence electrons. The van der Waals surface area contributed by atoms with E-state index in [-0.39, 0.29) is 5.69 Å². The third-order valence-electron chi connectivity index (χ3n) is 7.12. The Morgan fingerprint density at radius 2 is 1.82 bits per heavy atom. The highest BCUT2D eigenvalue weighted by Crippen LogP contribution is 2.64. The van der Waals surface area contributed by atoms with E-state index in [9.17, 15) is 18.0 Å². The monoisotopic (exact) mass is 547 g/mol. The molecule has 3 aromatic rings. The molecule has 0 bridgehead atoms. The topological polar surface area (TPSA) is 86.7 Å². The SMILES string of the molecule is CCCCSc1nnc(-c2ccc(C(N)=O)nc2)n1C.CCC[C@@]1(CC)C[C@@H]1c1ccc(C(F)(F)F)cc1. The number of aromatic nitrogens is 4. The summed E-state index contributed by atoms with van der Waals surface area (Å²) >= 11 is 1.69. The summed E-state index contributed by atoms with van der Waals surface area (Å²) in [5, 5.41) is 9.24. The molecule has 0 radical (unpaired) electrons. The van der Waals surface area contributed by atoms with Crippen LogP contribution in [0.3, 0.4) is 0 Å². The van der Waals surface area contributed by atoms with E-state index in [1.807, 2.05) is 11.6 Å². The van der Waals surface area contributed by atoms with E-state index in [4.69, 9.17) is 5.73 Å². The molecule has 6 nitrogen and oxygen atoms in total. The fourth-order valence-corrected chi connectivity index (χ4v) is 5.73. The number of amides is 1. The number of carbonyl (C=O) groups is 1. The fourth-order valence-electron chi connectivity index (χ4n) is 4.74. The molecule has 0 saturated heterocycles. The van der Waals surface area contributed by atoms with Crippen molar-refractivity contribution in [2.45, 2.75) is 76.5 Å². The molecule has 1 saturated carbocycles. The van der Waals surface area contributed by atoms with Gasteiger partial charge in [0, 0.05) is 24.6 Å². The molecule has 1 aliphatic rings. The maximum absolute atomic E-state index is 12.5. The van der Waals surface area contributed by atoms with E-state index in [2.05, 4.69) is 36.0 Å². The van der Waals surface area contributed by atoms with Gasteiger partial charge in [0.15, 0.2) is 11.0 Å². The van der Waals surface area contributed by atoms with Gasteiger partial charge in [-0.25, -0.2) is 0 Å². The number of nitrogens with zero attached hydrogens (tertiary/aromatic N) is 4. The zero-order chi connectivity index (χ0) is 27.9. The van der Waals surface area contributed by atoms with Crippen molar-refractivity contribution >= 4 is 17.7 Å². The van der Waals surface area contributed by atoms with Gasteiger partial charge in [0.05, 0.1) is 5.56 Å². The average Bonchev–Trinajstić information content (AvgIpc) is 3.51. The molecule has 4 rings (SSSR count). The van der Waals surface area contributed by atoms with Crippen molar-refractivity contribution in [3.63, 3.8) is 0 Å². The molecule has 38 heavy (non-hydrogen) atoms. The van der Waals surface area contributed by atoms with E-state index < -0.39 is 17.6 Å². The summed E-state index contributed by atoms with van der Waals surface area (Å²) < 4.78 is 39.4. The van der Waals surface area contributed by atoms with Crippen LogP contribution in [0.25, 0.3) is 11.4 Å². The highest BCUT2D eigenvalue weighted by atomic mass is 32.2. The van der Waals surface area contributed by atoms with Crippen molar-refractivity contribution in [2.75, 3.05) is 5.75 Å². The van der Waals surface area contributed by atoms with Crippen molar-refractivity contribution in [3.8, 4) is 11.4 Å². The van der Waals surface area contributed by atoms with Crippen LogP contribution in [0.1, 0.15) is 86.8 Å². The molecule has 0 aliphatic heterocycles. The van der Waals surface area contributed by atoms with Crippen LogP contribution in [0.5, 0.6) is 0 Å². The summed E-state index contributed by atoms with van der Waals surface area (Å²) in [7, 11) is 1.92. The van der Waals surface area contributed by atoms with Gasteiger partial charge in [0.1, 0.15) is 5.69 Å². The number of benzene rings is 1. The number of unbranched alkanes of at least 4 members (excludes halogenated alkanes) is 1. The van der Waals surface area contributed by atoms with Gasteiger partial charge in [-0.15, -0.1) is 10.2 Å². The molecule has 2 heterocycles. The Bertz CT molecular complexity index is 1190. The van der Waals surface area contributed by atoms with Gasteiger partial charge in [-0.2, -0.15) is 13.2 Å². The Labute approximate surface area is 226 Å². The van der Waals surface area contributed by atoms with Gasteiger partial charge in [-0.3, -0.25) is 9.78 Å². The van der Waals surface area contributed by atoms with E-state index in [1.165, 1.54) is 18.6 Å². The number of hydrogen-bond donors (Lipinski definition) is 1. The summed E-state index contributed by atoms with van der Waals surface area (Å²) in [6.45, 7) is 6.51. The normalized spacial score (nSPS) is 18.6. The molecule has 1 aromatic carbocycles. The van der Waals surface area contributed by atoms with Crippen molar-refractivity contribution in [1.82, 2.24) is 19.7 Å². The Balaban J connectivity index is 0.000000212. The van der Waals surface area contributed by atoms with Crippen LogP contribution < -0.4 is 5.73 Å². The molecule has 2 N–H and O–H groups in total. The predicted molar refractivity (Wildman–Crippen MR) is 145 cm³/mol. The van der Waals surface area contributed by atoms with Crippen molar-refractivity contribution in [2.24, 2.45) is 18.2 Å². The Morgan fingerprint density at radius 3 is 2.34 bits per heavy atom. The Morgan fingerprint density at radius 1 is 1.11 bits per heavy atom. The van der Waals surface area contributed by atoms with Gasteiger partial charge >= 0.3 is 6.18 Å². The van der Waals surface area contributed by atoms with Gasteiger partial charge in [0.2, 0.25) is 0 Å². The molecule has 1 amide bonds. The van der Waals surface area contributed by atoms with Crippen LogP contribution >= 0.6 is 11.8 Å². The lowest BCUT2D eigenvalue weighted by molar-refractivity contribution is -0.137. The molecule has 0 spiro atoms. The minimum atomic E-state index is -4.23. The number of pyridine rings is 1. The number of alkyl halides is 3. The van der Waals surface area contributed by atoms with Crippen LogP contribution in [0.4, 0.5) is 13.2 Å². The summed E-state index contributed by atoms with van der Waals surface area (Å²) in [6.07, 6.45) is 4.24. The van der Waals surface area contributed by atoms with Gasteiger partial charge in [-0.1, -0.05) is 57.5 Å². The van der Waals surface area contributed by atoms with Crippen LogP contribution in [0.15, 0.2) is 47.8 Å². The van der Waals surface area contributed by atoms with Crippen molar-refractivity contribution < 1.29 is 18.0 Å². The Kier molecular flexibility index (Phi) is 9.98. The zero-order valence-electron chi connectivity index (χ0n) is 22.4. The number of carbonyl (C=O) groups excluding carboxylic acids is 1. The molecular weight excluding hydrogens is 511 g/mol. The number of halogens is 3. The van der Waals surface area contributed by atoms with E-state index in [0.29, 0.717) is 11.3 Å². The summed E-state index contributed by atoms with van der Waals surface area (Å²) in [5.74, 6) is 1.68. The van der Waals surface area contributed by atoms with Crippen LogP contribution in [0.2, 0.25) is 0 Å². The van der Waals surface area contributed by atoms with E-state index >= 15 is 0 Å². The highest BCUT2D eigenvalue weighted by molar-refractivity contribution is 7.99. The molecule has 10 heteroatoms. The first kappa shape index (κ1) is 29.7. The van der Waals surface area contributed by atoms with Crippen LogP contribution in [-0.2, 0) is 13.2 Å². The molecule has 1 fully saturated rings. The maximum Gasteiger partial charge on any atom is 0.416 e. The van der Waals surface area contributed by atoms with E-state index in [0.717, 1.165) is 60.0 Å². The molecule has 2 atom stereocenters. The second-order valence-electron chi connectivity index (χ2n) is 9.71. The molecule has 2 aromatic heterocycles. The zero-order valence-corrected chi connectivity index (χ0v) is 23.2. The molecule has 0 unspecified atom stereocenters. The van der Waals surface area contributed by atoms with Crippen LogP contribution in [0, 0.1) is 5.41 Å². The van der Waals surface area contributed by atoms with Crippen LogP contribution in [-0.4, -0.2) is 31.4 Å². The Hall–Kier alpha value is -2.88. The standard InChI is InChI=1S/C15H19F3.C13H17N5OS/c1-3-9-14(4-2)10-13(14)11-5-7-12(8-6-11)15(16,17)18;1-3-4-7-20-13-17-16-12(18(13)2)9-5-6-10(11(14)19)15-8-9/h5-8,13H,3-4,9-10H2,1-2H3;5-6,8H,3-4,7H2,1-2H3,(H2,14,19)/t13-,14+;/m1./s1. The van der Waals surface area contributed by atoms with Gasteiger partial charge in [0.25, 0.3) is 5.91 Å². The largest absolute Gasteiger partial charge is 0.416 e. The third kappa shape index (κ3) is 7.15. The second kappa shape index (κ2) is 12.8. The summed E-state index contributed by atoms with van der Waals surface area (Å²) in [5.41, 5.74) is 7.10. The number of hydrogen-bond acceptors (Lipinski definition) is 5. The number of thioether (sulfide) groups is 1. The van der Waals surface area contributed by atoms with Crippen molar-refractivity contribution in [1.29, 1.82) is 0 Å². The number of nitrogens with two attached hydrogens (primary N) is 1. The third-order valence-corrected chi connectivity index (χ3v) is 8.23. The first-order chi connectivity index (χ1) is 18.1. The minimum Gasteiger partial charge on any atom is -0.364 e. The molecule has 1 aliphatic carbocycles. The van der Waals surface area contributed by atoms with E-state index in [1.54, 1.807) is 42.2 Å². The lowest BCUT2D eigenvalue weighted by atomic mass is 9.91. The first-order valence-electron chi connectivity index (χ1n) is 13.0. The summed E-state index contributed by atoms with van der Waals surface area (Å²) in [6, 6.07) is 9.09. The molecular formula is C28H36F3N5OS. The van der Waals surface area contributed by atoms with Gasteiger partial charge in [-0.05, 0) is 66.8 Å². The second-order valence-corrected chi connectivity index (χ2v) is 10.8. The highest BCUT2D eigenvalue weighted by Gasteiger charge is 2.52. The first-order valence-corrected chi connectivity index (χ1v) is 14.0. The van der Waals surface area contributed by atoms with Gasteiger partial charge < -0.3 is 10.3 Å². The number of primary amides is 1.